The molecule has 1 heterocycles. The van der Waals surface area contributed by atoms with Gasteiger partial charge in [-0.05, 0) is 25.5 Å². The predicted octanol–water partition coefficient (Wildman–Crippen LogP) is 0.897. The van der Waals surface area contributed by atoms with Crippen LogP contribution in [0.2, 0.25) is 0 Å². The lowest BCUT2D eigenvalue weighted by atomic mass is 10.1. The average Bonchev–Trinajstić information content (AvgIpc) is 2.37. The Balaban J connectivity index is 2.84. The Bertz CT molecular complexity index is 800. The molecule has 1 aromatic carbocycles. The molecule has 0 spiro atoms. The summed E-state index contributed by atoms with van der Waals surface area (Å²) in [4.78, 5) is 29.5. The van der Waals surface area contributed by atoms with Crippen LogP contribution in [0, 0.1) is 13.8 Å². The smallest absolute Gasteiger partial charge is 0.335 e. The summed E-state index contributed by atoms with van der Waals surface area (Å²) in [6.45, 7) is 3.76. The van der Waals surface area contributed by atoms with E-state index in [9.17, 15) is 14.7 Å². The molecule has 20 heavy (non-hydrogen) atoms. The number of hydrogen-bond acceptors (Lipinski definition) is 4. The van der Waals surface area contributed by atoms with E-state index >= 15 is 0 Å². The summed E-state index contributed by atoms with van der Waals surface area (Å²) in [5.41, 5.74) is 0.964. The number of H-pyrrole nitrogens is 1. The summed E-state index contributed by atoms with van der Waals surface area (Å²) < 4.78 is 1.06. The van der Waals surface area contributed by atoms with Crippen LogP contribution in [0.4, 0.5) is 0 Å². The van der Waals surface area contributed by atoms with E-state index in [0.717, 1.165) is 15.7 Å². The van der Waals surface area contributed by atoms with Gasteiger partial charge >= 0.3 is 5.69 Å². The summed E-state index contributed by atoms with van der Waals surface area (Å²) in [6.07, 6.45) is 1.22. The number of aromatic amines is 1. The summed E-state index contributed by atoms with van der Waals surface area (Å²) in [7, 11) is 1.48. The zero-order valence-electron chi connectivity index (χ0n) is 11.5. The van der Waals surface area contributed by atoms with E-state index in [-0.39, 0.29) is 5.56 Å². The molecule has 2 N–H and O–H groups in total. The van der Waals surface area contributed by atoms with Crippen molar-refractivity contribution in [2.75, 3.05) is 7.05 Å². The summed E-state index contributed by atoms with van der Waals surface area (Å²) in [5.74, 6) is -0.420. The molecule has 6 heteroatoms. The number of nitrogens with one attached hydrogen (secondary N) is 1. The van der Waals surface area contributed by atoms with Gasteiger partial charge in [0, 0.05) is 13.3 Å². The maximum Gasteiger partial charge on any atom is 0.335 e. The first kappa shape index (κ1) is 13.8. The molecule has 2 rings (SSSR count). The summed E-state index contributed by atoms with van der Waals surface area (Å²) >= 11 is 0. The minimum atomic E-state index is -0.687. The Morgan fingerprint density at radius 3 is 2.60 bits per heavy atom. The lowest BCUT2D eigenvalue weighted by Crippen LogP contribution is -2.31. The number of aromatic nitrogens is 2. The van der Waals surface area contributed by atoms with Crippen LogP contribution in [0.15, 0.2) is 32.8 Å². The molecule has 2 aromatic rings. The lowest BCUT2D eigenvalue weighted by molar-refractivity contribution is 0.430. The third kappa shape index (κ3) is 2.27. The van der Waals surface area contributed by atoms with E-state index < -0.39 is 17.1 Å². The zero-order valence-corrected chi connectivity index (χ0v) is 11.5. The summed E-state index contributed by atoms with van der Waals surface area (Å²) in [6, 6.07) is 5.43. The number of aryl methyl sites for hydroxylation is 2. The van der Waals surface area contributed by atoms with E-state index in [0.29, 0.717) is 5.69 Å². The quantitative estimate of drug-likeness (QED) is 0.797. The van der Waals surface area contributed by atoms with E-state index in [1.54, 1.807) is 6.07 Å². The van der Waals surface area contributed by atoms with Gasteiger partial charge in [-0.3, -0.25) is 14.8 Å². The monoisotopic (exact) mass is 273 g/mol. The Morgan fingerprint density at radius 2 is 2.00 bits per heavy atom. The van der Waals surface area contributed by atoms with Crippen molar-refractivity contribution in [2.24, 2.45) is 4.99 Å². The third-order valence-electron chi connectivity index (χ3n) is 2.97. The van der Waals surface area contributed by atoms with Gasteiger partial charge in [0.1, 0.15) is 5.56 Å². The molecule has 0 unspecified atom stereocenters. The molecule has 0 aliphatic rings. The van der Waals surface area contributed by atoms with Crippen LogP contribution in [0.25, 0.3) is 5.69 Å². The van der Waals surface area contributed by atoms with Crippen molar-refractivity contribution in [2.45, 2.75) is 13.8 Å². The number of nitrogens with zero attached hydrogens (tertiary/aromatic N) is 2. The van der Waals surface area contributed by atoms with Crippen LogP contribution in [0.1, 0.15) is 16.7 Å². The minimum Gasteiger partial charge on any atom is -0.493 e. The molecular formula is C14H15N3O3. The first-order valence-electron chi connectivity index (χ1n) is 6.03. The molecule has 0 saturated carbocycles. The van der Waals surface area contributed by atoms with Gasteiger partial charge in [0.15, 0.2) is 0 Å². The van der Waals surface area contributed by atoms with E-state index in [1.807, 2.05) is 26.0 Å². The van der Waals surface area contributed by atoms with Gasteiger partial charge < -0.3 is 5.11 Å². The highest BCUT2D eigenvalue weighted by Crippen LogP contribution is 2.19. The Morgan fingerprint density at radius 1 is 1.30 bits per heavy atom. The molecule has 0 aliphatic carbocycles. The number of rotatable bonds is 2. The van der Waals surface area contributed by atoms with Crippen molar-refractivity contribution in [3.05, 3.63) is 55.7 Å². The number of aromatic hydroxyl groups is 1. The van der Waals surface area contributed by atoms with Gasteiger partial charge in [-0.2, -0.15) is 0 Å². The number of benzene rings is 1. The van der Waals surface area contributed by atoms with Crippen molar-refractivity contribution < 1.29 is 5.11 Å². The second-order valence-electron chi connectivity index (χ2n) is 4.51. The van der Waals surface area contributed by atoms with Gasteiger partial charge in [-0.25, -0.2) is 9.36 Å². The van der Waals surface area contributed by atoms with Crippen LogP contribution in [-0.4, -0.2) is 27.9 Å². The molecule has 0 atom stereocenters. The SMILES string of the molecule is CN=Cc1c(O)n(-c2ccc(C)cc2C)c(=O)[nH]c1=O. The third-order valence-corrected chi connectivity index (χ3v) is 2.97. The van der Waals surface area contributed by atoms with Crippen LogP contribution < -0.4 is 11.2 Å². The van der Waals surface area contributed by atoms with Crippen molar-refractivity contribution in [3.63, 3.8) is 0 Å². The fourth-order valence-corrected chi connectivity index (χ4v) is 2.06. The molecule has 104 valence electrons. The molecule has 1 aromatic heterocycles. The minimum absolute atomic E-state index is 0.0490. The first-order chi connectivity index (χ1) is 9.45. The standard InChI is InChI=1S/C14H15N3O3/c1-8-4-5-11(9(2)6-8)17-13(19)10(7-15-3)12(18)16-14(17)20/h4-7,19H,1-3H3,(H,16,18,20). The first-order valence-corrected chi connectivity index (χ1v) is 6.03. The van der Waals surface area contributed by atoms with Crippen LogP contribution >= 0.6 is 0 Å². The highest BCUT2D eigenvalue weighted by molar-refractivity contribution is 5.82. The number of hydrogen-bond donors (Lipinski definition) is 2. The predicted molar refractivity (Wildman–Crippen MR) is 77.3 cm³/mol. The molecule has 0 amide bonds. The maximum absolute atomic E-state index is 12.0. The normalized spacial score (nSPS) is 11.2. The molecule has 0 fully saturated rings. The maximum atomic E-state index is 12.0. The zero-order chi connectivity index (χ0) is 14.9. The van der Waals surface area contributed by atoms with Gasteiger partial charge in [0.25, 0.3) is 5.56 Å². The Hall–Kier alpha value is -2.63. The molecule has 6 nitrogen and oxygen atoms in total. The van der Waals surface area contributed by atoms with Crippen molar-refractivity contribution in [3.8, 4) is 11.6 Å². The lowest BCUT2D eigenvalue weighted by Gasteiger charge is -2.12. The molecule has 0 bridgehead atoms. The second kappa shape index (κ2) is 5.16. The fourth-order valence-electron chi connectivity index (χ4n) is 2.06. The molecular weight excluding hydrogens is 258 g/mol. The van der Waals surface area contributed by atoms with Crippen LogP contribution in [0.5, 0.6) is 5.88 Å². The van der Waals surface area contributed by atoms with Gasteiger partial charge in [0.05, 0.1) is 5.69 Å². The molecule has 0 saturated heterocycles. The van der Waals surface area contributed by atoms with E-state index in [2.05, 4.69) is 9.98 Å². The van der Waals surface area contributed by atoms with Crippen LogP contribution in [-0.2, 0) is 0 Å². The molecule has 0 radical (unpaired) electrons. The van der Waals surface area contributed by atoms with E-state index in [4.69, 9.17) is 0 Å². The second-order valence-corrected chi connectivity index (χ2v) is 4.51. The van der Waals surface area contributed by atoms with Gasteiger partial charge in [-0.15, -0.1) is 0 Å². The van der Waals surface area contributed by atoms with Gasteiger partial charge in [0.2, 0.25) is 5.88 Å². The van der Waals surface area contributed by atoms with Gasteiger partial charge in [-0.1, -0.05) is 17.7 Å². The highest BCUT2D eigenvalue weighted by atomic mass is 16.3. The van der Waals surface area contributed by atoms with Crippen molar-refractivity contribution in [1.82, 2.24) is 9.55 Å². The van der Waals surface area contributed by atoms with Crippen molar-refractivity contribution in [1.29, 1.82) is 0 Å². The van der Waals surface area contributed by atoms with Crippen LogP contribution in [0.3, 0.4) is 0 Å². The highest BCUT2D eigenvalue weighted by Gasteiger charge is 2.15. The van der Waals surface area contributed by atoms with Crippen molar-refractivity contribution >= 4 is 6.21 Å². The summed E-state index contributed by atoms with van der Waals surface area (Å²) in [5, 5.41) is 10.2. The Labute approximate surface area is 115 Å². The topological polar surface area (TPSA) is 87.4 Å². The number of aliphatic imine (C=N–C) groups is 1. The van der Waals surface area contributed by atoms with E-state index in [1.165, 1.54) is 13.3 Å². The fraction of sp³-hybridized carbons (Fsp3) is 0.214. The Kier molecular flexibility index (Phi) is 3.56. The largest absolute Gasteiger partial charge is 0.493 e. The average molecular weight is 273 g/mol. The molecule has 0 aliphatic heterocycles.